The van der Waals surface area contributed by atoms with Crippen LogP contribution in [0, 0.1) is 0 Å². The van der Waals surface area contributed by atoms with E-state index in [9.17, 15) is 4.79 Å². The molecule has 1 aliphatic rings. The third-order valence-electron chi connectivity index (χ3n) is 2.58. The monoisotopic (exact) mass is 194 g/mol. The smallest absolute Gasteiger partial charge is 0.249 e. The maximum atomic E-state index is 11.2. The molecular formula is C10H14N2O2. The number of anilines is 1. The number of hydrogen-bond acceptors (Lipinski definition) is 3. The highest BCUT2D eigenvalue weighted by Crippen LogP contribution is 2.26. The van der Waals surface area contributed by atoms with Gasteiger partial charge in [0.1, 0.15) is 5.82 Å². The number of pyridine rings is 1. The fourth-order valence-electron chi connectivity index (χ4n) is 1.85. The van der Waals surface area contributed by atoms with E-state index in [2.05, 4.69) is 4.98 Å². The molecule has 2 heterocycles. The lowest BCUT2D eigenvalue weighted by Gasteiger charge is -2.22. The molecule has 1 aliphatic heterocycles. The Kier molecular flexibility index (Phi) is 2.54. The topological polar surface area (TPSA) is 68.1 Å². The fourth-order valence-corrected chi connectivity index (χ4v) is 1.85. The van der Waals surface area contributed by atoms with Gasteiger partial charge in [0.05, 0.1) is 0 Å². The summed E-state index contributed by atoms with van der Waals surface area (Å²) in [6.45, 7) is 1.55. The summed E-state index contributed by atoms with van der Waals surface area (Å²) in [5, 5.41) is 0. The molecule has 2 rings (SSSR count). The predicted molar refractivity (Wildman–Crippen MR) is 54.3 cm³/mol. The van der Waals surface area contributed by atoms with Crippen LogP contribution in [0.4, 0.5) is 5.82 Å². The van der Waals surface area contributed by atoms with Gasteiger partial charge in [0, 0.05) is 19.3 Å². The zero-order valence-corrected chi connectivity index (χ0v) is 7.95. The van der Waals surface area contributed by atoms with Gasteiger partial charge >= 0.3 is 0 Å². The fraction of sp³-hybridized carbons (Fsp3) is 0.500. The molecule has 14 heavy (non-hydrogen) atoms. The Morgan fingerprint density at radius 3 is 2.71 bits per heavy atom. The molecule has 3 N–H and O–H groups in total. The van der Waals surface area contributed by atoms with Crippen LogP contribution in [0.25, 0.3) is 0 Å². The Balaban J connectivity index is 2.26. The molecule has 76 valence electrons. The van der Waals surface area contributed by atoms with Gasteiger partial charge in [-0.25, -0.2) is 0 Å². The van der Waals surface area contributed by atoms with Crippen molar-refractivity contribution >= 4 is 5.82 Å². The molecule has 0 amide bonds. The van der Waals surface area contributed by atoms with Gasteiger partial charge < -0.3 is 15.5 Å². The van der Waals surface area contributed by atoms with Crippen molar-refractivity contribution in [3.8, 4) is 0 Å². The summed E-state index contributed by atoms with van der Waals surface area (Å²) in [7, 11) is 0. The summed E-state index contributed by atoms with van der Waals surface area (Å²) in [6, 6.07) is 3.48. The molecule has 0 aliphatic carbocycles. The van der Waals surface area contributed by atoms with Crippen molar-refractivity contribution in [1.29, 1.82) is 0 Å². The molecule has 4 heteroatoms. The quantitative estimate of drug-likeness (QED) is 0.696. The molecular weight excluding hydrogens is 180 g/mol. The van der Waals surface area contributed by atoms with Crippen LogP contribution in [-0.4, -0.2) is 18.2 Å². The molecule has 0 aromatic carbocycles. The molecule has 0 unspecified atom stereocenters. The maximum Gasteiger partial charge on any atom is 0.249 e. The lowest BCUT2D eigenvalue weighted by Crippen LogP contribution is -2.17. The number of nitrogens with two attached hydrogens (primary N) is 1. The van der Waals surface area contributed by atoms with Crippen LogP contribution < -0.4 is 11.3 Å². The van der Waals surface area contributed by atoms with Gasteiger partial charge in [-0.05, 0) is 30.4 Å². The second-order valence-electron chi connectivity index (χ2n) is 3.62. The minimum absolute atomic E-state index is 0.119. The van der Waals surface area contributed by atoms with Crippen LogP contribution in [0.1, 0.15) is 24.3 Å². The average Bonchev–Trinajstić information content (AvgIpc) is 2.18. The third-order valence-corrected chi connectivity index (χ3v) is 2.58. The lowest BCUT2D eigenvalue weighted by molar-refractivity contribution is 0.0853. The van der Waals surface area contributed by atoms with Crippen molar-refractivity contribution in [3.05, 3.63) is 28.0 Å². The second kappa shape index (κ2) is 3.84. The molecule has 4 nitrogen and oxygen atoms in total. The van der Waals surface area contributed by atoms with E-state index < -0.39 is 0 Å². The van der Waals surface area contributed by atoms with E-state index in [1.54, 1.807) is 6.07 Å². The van der Waals surface area contributed by atoms with Gasteiger partial charge in [0.25, 0.3) is 0 Å². The SMILES string of the molecule is Nc1cc(C2CCOCC2)cc(=O)[nH]1. The van der Waals surface area contributed by atoms with Gasteiger partial charge in [-0.2, -0.15) is 0 Å². The van der Waals surface area contributed by atoms with E-state index >= 15 is 0 Å². The van der Waals surface area contributed by atoms with Crippen molar-refractivity contribution in [1.82, 2.24) is 4.98 Å². The Bertz CT molecular complexity index is 367. The van der Waals surface area contributed by atoms with E-state index in [0.717, 1.165) is 31.6 Å². The number of rotatable bonds is 1. The van der Waals surface area contributed by atoms with Crippen molar-refractivity contribution < 1.29 is 4.74 Å². The molecule has 1 saturated heterocycles. The minimum Gasteiger partial charge on any atom is -0.385 e. The zero-order valence-electron chi connectivity index (χ0n) is 7.95. The van der Waals surface area contributed by atoms with E-state index in [1.165, 1.54) is 0 Å². The number of aromatic nitrogens is 1. The number of nitrogen functional groups attached to an aromatic ring is 1. The largest absolute Gasteiger partial charge is 0.385 e. The van der Waals surface area contributed by atoms with Crippen molar-refractivity contribution in [2.45, 2.75) is 18.8 Å². The number of ether oxygens (including phenoxy) is 1. The molecule has 0 saturated carbocycles. The first-order valence-corrected chi connectivity index (χ1v) is 4.83. The van der Waals surface area contributed by atoms with Crippen molar-refractivity contribution in [2.75, 3.05) is 18.9 Å². The van der Waals surface area contributed by atoms with Gasteiger partial charge in [0.2, 0.25) is 5.56 Å². The van der Waals surface area contributed by atoms with E-state index in [-0.39, 0.29) is 5.56 Å². The average molecular weight is 194 g/mol. The Morgan fingerprint density at radius 2 is 2.07 bits per heavy atom. The van der Waals surface area contributed by atoms with Crippen LogP contribution in [0.2, 0.25) is 0 Å². The van der Waals surface area contributed by atoms with Gasteiger partial charge in [-0.3, -0.25) is 4.79 Å². The number of nitrogens with one attached hydrogen (secondary N) is 1. The molecule has 0 spiro atoms. The predicted octanol–water partition coefficient (Wildman–Crippen LogP) is 0.851. The third kappa shape index (κ3) is 1.96. The van der Waals surface area contributed by atoms with Gasteiger partial charge in [-0.15, -0.1) is 0 Å². The molecule has 0 atom stereocenters. The first-order chi connectivity index (χ1) is 6.75. The van der Waals surface area contributed by atoms with E-state index in [4.69, 9.17) is 10.5 Å². The number of hydrogen-bond donors (Lipinski definition) is 2. The normalized spacial score (nSPS) is 18.3. The Labute approximate surface area is 82.1 Å². The van der Waals surface area contributed by atoms with Crippen LogP contribution in [0.15, 0.2) is 16.9 Å². The standard InChI is InChI=1S/C10H14N2O2/c11-9-5-8(6-10(13)12-9)7-1-3-14-4-2-7/h5-7H,1-4H2,(H3,11,12,13). The summed E-state index contributed by atoms with van der Waals surface area (Å²) in [5.74, 6) is 0.868. The molecule has 1 fully saturated rings. The Morgan fingerprint density at radius 1 is 1.36 bits per heavy atom. The summed E-state index contributed by atoms with van der Waals surface area (Å²) in [5.41, 5.74) is 6.50. The van der Waals surface area contributed by atoms with Gasteiger partial charge in [-0.1, -0.05) is 0 Å². The molecule has 1 aromatic rings. The van der Waals surface area contributed by atoms with Crippen LogP contribution >= 0.6 is 0 Å². The van der Waals surface area contributed by atoms with Crippen LogP contribution in [-0.2, 0) is 4.74 Å². The Hall–Kier alpha value is -1.29. The second-order valence-corrected chi connectivity index (χ2v) is 3.62. The lowest BCUT2D eigenvalue weighted by atomic mass is 9.92. The van der Waals surface area contributed by atoms with E-state index in [1.807, 2.05) is 6.07 Å². The van der Waals surface area contributed by atoms with Crippen molar-refractivity contribution in [2.24, 2.45) is 0 Å². The number of H-pyrrole nitrogens is 1. The molecule has 0 radical (unpaired) electrons. The summed E-state index contributed by atoms with van der Waals surface area (Å²) in [4.78, 5) is 13.7. The first kappa shape index (κ1) is 9.27. The minimum atomic E-state index is -0.119. The van der Waals surface area contributed by atoms with Crippen molar-refractivity contribution in [3.63, 3.8) is 0 Å². The summed E-state index contributed by atoms with van der Waals surface area (Å²) < 4.78 is 5.26. The molecule has 1 aromatic heterocycles. The summed E-state index contributed by atoms with van der Waals surface area (Å²) in [6.07, 6.45) is 1.95. The zero-order chi connectivity index (χ0) is 9.97. The highest BCUT2D eigenvalue weighted by atomic mass is 16.5. The summed E-state index contributed by atoms with van der Waals surface area (Å²) >= 11 is 0. The van der Waals surface area contributed by atoms with Gasteiger partial charge in [0.15, 0.2) is 0 Å². The van der Waals surface area contributed by atoms with Crippen LogP contribution in [0.5, 0.6) is 0 Å². The maximum absolute atomic E-state index is 11.2. The highest BCUT2D eigenvalue weighted by molar-refractivity contribution is 5.33. The van der Waals surface area contributed by atoms with E-state index in [0.29, 0.717) is 11.7 Å². The first-order valence-electron chi connectivity index (χ1n) is 4.83. The van der Waals surface area contributed by atoms with Crippen LogP contribution in [0.3, 0.4) is 0 Å². The highest BCUT2D eigenvalue weighted by Gasteiger charge is 2.16. The number of aromatic amines is 1. The molecule has 0 bridgehead atoms.